The number of morpholine rings is 1. The van der Waals surface area contributed by atoms with E-state index in [1.807, 2.05) is 0 Å². The smallest absolute Gasteiger partial charge is 0.0829 e. The summed E-state index contributed by atoms with van der Waals surface area (Å²) < 4.78 is 5.95. The van der Waals surface area contributed by atoms with Crippen LogP contribution in [0, 0.1) is 0 Å². The van der Waals surface area contributed by atoms with Gasteiger partial charge in [-0.2, -0.15) is 0 Å². The van der Waals surface area contributed by atoms with Crippen molar-refractivity contribution in [3.8, 4) is 0 Å². The van der Waals surface area contributed by atoms with Gasteiger partial charge in [-0.15, -0.1) is 0 Å². The molecule has 0 amide bonds. The van der Waals surface area contributed by atoms with E-state index in [0.717, 1.165) is 45.9 Å². The second kappa shape index (κ2) is 5.87. The molecule has 0 saturated carbocycles. The van der Waals surface area contributed by atoms with Gasteiger partial charge in [-0.25, -0.2) is 0 Å². The number of ether oxygens (including phenoxy) is 1. The average molecular weight is 255 g/mol. The third-order valence-corrected chi connectivity index (χ3v) is 4.30. The Kier molecular flexibility index (Phi) is 4.64. The lowest BCUT2D eigenvalue weighted by Gasteiger charge is -2.46. The molecule has 2 fully saturated rings. The zero-order valence-corrected chi connectivity index (χ0v) is 12.4. The Balaban J connectivity index is 1.88. The number of hydrogen-bond donors (Lipinski definition) is 1. The first-order valence-electron chi connectivity index (χ1n) is 7.30. The SMILES string of the molecule is CC(C)N1CCOC(CN2CCNCC2(C)C)C1. The first-order chi connectivity index (χ1) is 8.49. The van der Waals surface area contributed by atoms with E-state index >= 15 is 0 Å². The number of nitrogens with zero attached hydrogens (tertiary/aromatic N) is 2. The highest BCUT2D eigenvalue weighted by atomic mass is 16.5. The molecule has 106 valence electrons. The molecule has 0 aromatic rings. The maximum atomic E-state index is 5.95. The van der Waals surface area contributed by atoms with Crippen molar-refractivity contribution in [3.05, 3.63) is 0 Å². The fourth-order valence-corrected chi connectivity index (χ4v) is 2.93. The molecule has 1 N–H and O–H groups in total. The van der Waals surface area contributed by atoms with Crippen LogP contribution in [0.3, 0.4) is 0 Å². The standard InChI is InChI=1S/C14H29N3O/c1-12(2)16-7-8-18-13(9-16)10-17-6-5-15-11-14(17,3)4/h12-13,15H,5-11H2,1-4H3. The zero-order chi connectivity index (χ0) is 13.2. The lowest BCUT2D eigenvalue weighted by molar-refractivity contribution is -0.0671. The summed E-state index contributed by atoms with van der Waals surface area (Å²) in [6.45, 7) is 16.6. The minimum absolute atomic E-state index is 0.252. The Morgan fingerprint density at radius 3 is 2.78 bits per heavy atom. The van der Waals surface area contributed by atoms with Crippen molar-refractivity contribution in [3.63, 3.8) is 0 Å². The fourth-order valence-electron chi connectivity index (χ4n) is 2.93. The molecule has 1 atom stereocenters. The second-order valence-electron chi connectivity index (χ2n) is 6.52. The van der Waals surface area contributed by atoms with E-state index < -0.39 is 0 Å². The van der Waals surface area contributed by atoms with E-state index in [0.29, 0.717) is 12.1 Å². The predicted molar refractivity (Wildman–Crippen MR) is 75.0 cm³/mol. The van der Waals surface area contributed by atoms with Gasteiger partial charge in [-0.3, -0.25) is 9.80 Å². The zero-order valence-electron chi connectivity index (χ0n) is 12.4. The third kappa shape index (κ3) is 3.44. The van der Waals surface area contributed by atoms with Gasteiger partial charge >= 0.3 is 0 Å². The van der Waals surface area contributed by atoms with Gasteiger partial charge in [0.25, 0.3) is 0 Å². The average Bonchev–Trinajstić information content (AvgIpc) is 2.32. The van der Waals surface area contributed by atoms with Crippen LogP contribution in [0.25, 0.3) is 0 Å². The molecule has 2 aliphatic rings. The molecule has 4 heteroatoms. The van der Waals surface area contributed by atoms with Gasteiger partial charge in [0.1, 0.15) is 0 Å². The Bertz CT molecular complexity index is 268. The van der Waals surface area contributed by atoms with Gasteiger partial charge in [0, 0.05) is 50.8 Å². The monoisotopic (exact) mass is 255 g/mol. The normalized spacial score (nSPS) is 30.8. The number of rotatable bonds is 3. The van der Waals surface area contributed by atoms with E-state index in [9.17, 15) is 0 Å². The largest absolute Gasteiger partial charge is 0.374 e. The topological polar surface area (TPSA) is 27.7 Å². The maximum Gasteiger partial charge on any atom is 0.0829 e. The van der Waals surface area contributed by atoms with Gasteiger partial charge in [-0.05, 0) is 27.7 Å². The first-order valence-corrected chi connectivity index (χ1v) is 7.30. The van der Waals surface area contributed by atoms with Crippen molar-refractivity contribution in [1.29, 1.82) is 0 Å². The molecule has 0 bridgehead atoms. The van der Waals surface area contributed by atoms with E-state index in [1.54, 1.807) is 0 Å². The van der Waals surface area contributed by atoms with Gasteiger partial charge < -0.3 is 10.1 Å². The predicted octanol–water partition coefficient (Wildman–Crippen LogP) is 0.779. The van der Waals surface area contributed by atoms with Crippen LogP contribution in [-0.4, -0.2) is 73.4 Å². The van der Waals surface area contributed by atoms with Gasteiger partial charge in [0.05, 0.1) is 12.7 Å². The maximum absolute atomic E-state index is 5.95. The molecule has 2 heterocycles. The van der Waals surface area contributed by atoms with Crippen molar-refractivity contribution >= 4 is 0 Å². The molecule has 0 spiro atoms. The van der Waals surface area contributed by atoms with Crippen LogP contribution in [-0.2, 0) is 4.74 Å². The van der Waals surface area contributed by atoms with E-state index in [-0.39, 0.29) is 5.54 Å². The highest BCUT2D eigenvalue weighted by Crippen LogP contribution is 2.19. The molecule has 2 saturated heterocycles. The molecule has 0 aliphatic carbocycles. The van der Waals surface area contributed by atoms with Crippen molar-refractivity contribution < 1.29 is 4.74 Å². The van der Waals surface area contributed by atoms with Crippen LogP contribution in [0.15, 0.2) is 0 Å². The molecule has 0 radical (unpaired) electrons. The van der Waals surface area contributed by atoms with Crippen LogP contribution in [0.5, 0.6) is 0 Å². The Morgan fingerprint density at radius 2 is 2.11 bits per heavy atom. The van der Waals surface area contributed by atoms with Crippen molar-refractivity contribution in [1.82, 2.24) is 15.1 Å². The summed E-state index contributed by atoms with van der Waals surface area (Å²) in [5, 5.41) is 3.48. The van der Waals surface area contributed by atoms with E-state index in [1.165, 1.54) is 0 Å². The minimum Gasteiger partial charge on any atom is -0.374 e. The molecule has 18 heavy (non-hydrogen) atoms. The van der Waals surface area contributed by atoms with Gasteiger partial charge in [0.2, 0.25) is 0 Å². The van der Waals surface area contributed by atoms with Crippen molar-refractivity contribution in [2.24, 2.45) is 0 Å². The number of nitrogens with one attached hydrogen (secondary N) is 1. The van der Waals surface area contributed by atoms with Crippen LogP contribution >= 0.6 is 0 Å². The summed E-state index contributed by atoms with van der Waals surface area (Å²) in [7, 11) is 0. The molecule has 2 rings (SSSR count). The van der Waals surface area contributed by atoms with Crippen LogP contribution < -0.4 is 5.32 Å². The minimum atomic E-state index is 0.252. The van der Waals surface area contributed by atoms with Gasteiger partial charge in [0.15, 0.2) is 0 Å². The number of piperazine rings is 1. The van der Waals surface area contributed by atoms with E-state index in [4.69, 9.17) is 4.74 Å². The Hall–Kier alpha value is -0.160. The van der Waals surface area contributed by atoms with Crippen molar-refractivity contribution in [2.75, 3.05) is 45.9 Å². The molecule has 0 aromatic heterocycles. The molecule has 4 nitrogen and oxygen atoms in total. The molecule has 0 aromatic carbocycles. The first kappa shape index (κ1) is 14.3. The Morgan fingerprint density at radius 1 is 1.33 bits per heavy atom. The van der Waals surface area contributed by atoms with E-state index in [2.05, 4.69) is 42.8 Å². The summed E-state index contributed by atoms with van der Waals surface area (Å²) in [5.41, 5.74) is 0.252. The summed E-state index contributed by atoms with van der Waals surface area (Å²) in [6, 6.07) is 0.632. The van der Waals surface area contributed by atoms with Crippen LogP contribution in [0.2, 0.25) is 0 Å². The van der Waals surface area contributed by atoms with Gasteiger partial charge in [-0.1, -0.05) is 0 Å². The number of hydrogen-bond acceptors (Lipinski definition) is 4. The third-order valence-electron chi connectivity index (χ3n) is 4.30. The van der Waals surface area contributed by atoms with Crippen LogP contribution in [0.1, 0.15) is 27.7 Å². The summed E-state index contributed by atoms with van der Waals surface area (Å²) >= 11 is 0. The lowest BCUT2D eigenvalue weighted by Crippen LogP contribution is -2.61. The second-order valence-corrected chi connectivity index (χ2v) is 6.52. The lowest BCUT2D eigenvalue weighted by atomic mass is 9.99. The molecule has 2 aliphatic heterocycles. The summed E-state index contributed by atoms with van der Waals surface area (Å²) in [6.07, 6.45) is 0.374. The molecular formula is C14H29N3O. The van der Waals surface area contributed by atoms with Crippen LogP contribution in [0.4, 0.5) is 0 Å². The van der Waals surface area contributed by atoms with Crippen molar-refractivity contribution in [2.45, 2.75) is 45.4 Å². The molecular weight excluding hydrogens is 226 g/mol. The highest BCUT2D eigenvalue weighted by Gasteiger charge is 2.33. The summed E-state index contributed by atoms with van der Waals surface area (Å²) in [5.74, 6) is 0. The quantitative estimate of drug-likeness (QED) is 0.806. The Labute approximate surface area is 112 Å². The summed E-state index contributed by atoms with van der Waals surface area (Å²) in [4.78, 5) is 5.11. The molecule has 1 unspecified atom stereocenters. The fraction of sp³-hybridized carbons (Fsp3) is 1.00. The highest BCUT2D eigenvalue weighted by molar-refractivity contribution is 4.90.